The van der Waals surface area contributed by atoms with Crippen LogP contribution in [0.1, 0.15) is 0 Å². The molecule has 0 N–H and O–H groups in total. The van der Waals surface area contributed by atoms with Crippen LogP contribution in [0.5, 0.6) is 0 Å². The van der Waals surface area contributed by atoms with Gasteiger partial charge in [-0.05, 0) is 63.4 Å². The van der Waals surface area contributed by atoms with E-state index in [1.54, 1.807) is 11.0 Å². The van der Waals surface area contributed by atoms with Gasteiger partial charge in [0.2, 0.25) is 0 Å². The summed E-state index contributed by atoms with van der Waals surface area (Å²) in [6.07, 6.45) is 3.23. The number of nitrogens with zero attached hydrogens (tertiary/aromatic N) is 3. The van der Waals surface area contributed by atoms with Gasteiger partial charge in [0.05, 0.1) is 5.69 Å². The summed E-state index contributed by atoms with van der Waals surface area (Å²) >= 11 is 4.58. The molecule has 0 aliphatic carbocycles. The van der Waals surface area contributed by atoms with Gasteiger partial charge in [-0.15, -0.1) is 0 Å². The molecule has 1 aromatic carbocycles. The fraction of sp³-hybridized carbons (Fsp3) is 0. The third-order valence-corrected chi connectivity index (χ3v) is 3.11. The van der Waals surface area contributed by atoms with Crippen molar-refractivity contribution in [3.05, 3.63) is 38.0 Å². The summed E-state index contributed by atoms with van der Waals surface area (Å²) in [6.45, 7) is 0. The van der Waals surface area contributed by atoms with Crippen LogP contribution >= 0.6 is 45.2 Å². The van der Waals surface area contributed by atoms with Crippen LogP contribution < -0.4 is 0 Å². The predicted octanol–water partition coefficient (Wildman–Crippen LogP) is 2.48. The summed E-state index contributed by atoms with van der Waals surface area (Å²) in [4.78, 5) is 3.91. The summed E-state index contributed by atoms with van der Waals surface area (Å²) < 4.78 is 4.17. The molecule has 5 heteroatoms. The number of benzene rings is 1. The quantitative estimate of drug-likeness (QED) is 0.693. The van der Waals surface area contributed by atoms with Gasteiger partial charge in [0.25, 0.3) is 0 Å². The molecule has 0 bridgehead atoms. The van der Waals surface area contributed by atoms with Crippen molar-refractivity contribution in [3.63, 3.8) is 0 Å². The van der Waals surface area contributed by atoms with Crippen LogP contribution in [0.15, 0.2) is 30.9 Å². The van der Waals surface area contributed by atoms with Crippen LogP contribution in [-0.4, -0.2) is 14.8 Å². The standard InChI is InChI=1S/C8H5I2N3/c9-6-1-2-8(7(10)3-6)13-5-11-4-12-13/h1-5H. The molecule has 0 fully saturated rings. The Labute approximate surface area is 103 Å². The first-order valence-corrected chi connectivity index (χ1v) is 5.73. The van der Waals surface area contributed by atoms with Gasteiger partial charge in [0.15, 0.2) is 0 Å². The molecule has 0 amide bonds. The molecule has 0 aliphatic rings. The second-order valence-corrected chi connectivity index (χ2v) is 4.84. The molecule has 66 valence electrons. The van der Waals surface area contributed by atoms with Crippen LogP contribution in [-0.2, 0) is 0 Å². The van der Waals surface area contributed by atoms with Gasteiger partial charge < -0.3 is 0 Å². The minimum atomic E-state index is 1.07. The molecule has 0 radical (unpaired) electrons. The van der Waals surface area contributed by atoms with Crippen molar-refractivity contribution in [3.8, 4) is 5.69 Å². The summed E-state index contributed by atoms with van der Waals surface area (Å²) in [5, 5.41) is 4.08. The first-order valence-electron chi connectivity index (χ1n) is 3.57. The Bertz CT molecular complexity index is 411. The Hall–Kier alpha value is -0.180. The maximum atomic E-state index is 4.08. The molecule has 1 aromatic heterocycles. The van der Waals surface area contributed by atoms with Crippen molar-refractivity contribution in [2.45, 2.75) is 0 Å². The average molecular weight is 397 g/mol. The predicted molar refractivity (Wildman–Crippen MR) is 66.8 cm³/mol. The fourth-order valence-corrected chi connectivity index (χ4v) is 2.85. The second kappa shape index (κ2) is 3.91. The zero-order valence-corrected chi connectivity index (χ0v) is 10.8. The van der Waals surface area contributed by atoms with Gasteiger partial charge in [0, 0.05) is 7.14 Å². The van der Waals surface area contributed by atoms with Gasteiger partial charge in [-0.3, -0.25) is 0 Å². The van der Waals surface area contributed by atoms with E-state index in [1.807, 2.05) is 6.07 Å². The van der Waals surface area contributed by atoms with Crippen molar-refractivity contribution >= 4 is 45.2 Å². The highest BCUT2D eigenvalue weighted by molar-refractivity contribution is 14.1. The van der Waals surface area contributed by atoms with Gasteiger partial charge in [-0.2, -0.15) is 5.10 Å². The van der Waals surface area contributed by atoms with Gasteiger partial charge in [-0.1, -0.05) is 0 Å². The number of rotatable bonds is 1. The molecule has 0 aliphatic heterocycles. The van der Waals surface area contributed by atoms with Crippen LogP contribution in [0.2, 0.25) is 0 Å². The smallest absolute Gasteiger partial charge is 0.138 e. The van der Waals surface area contributed by atoms with E-state index in [0.29, 0.717) is 0 Å². The van der Waals surface area contributed by atoms with E-state index in [1.165, 1.54) is 13.5 Å². The average Bonchev–Trinajstić information content (AvgIpc) is 2.56. The molecule has 1 heterocycles. The lowest BCUT2D eigenvalue weighted by atomic mass is 10.3. The highest BCUT2D eigenvalue weighted by atomic mass is 127. The first-order chi connectivity index (χ1) is 6.27. The van der Waals surface area contributed by atoms with Gasteiger partial charge >= 0.3 is 0 Å². The summed E-state index contributed by atoms with van der Waals surface area (Å²) in [5.74, 6) is 0. The Kier molecular flexibility index (Phi) is 2.82. The van der Waals surface area contributed by atoms with E-state index in [-0.39, 0.29) is 0 Å². The van der Waals surface area contributed by atoms with Crippen LogP contribution in [0.3, 0.4) is 0 Å². The minimum absolute atomic E-state index is 1.07. The molecular formula is C8H5I2N3. The SMILES string of the molecule is Ic1ccc(-n2cncn2)c(I)c1. The molecule has 0 saturated carbocycles. The molecule has 0 unspecified atom stereocenters. The lowest BCUT2D eigenvalue weighted by Gasteiger charge is -2.03. The second-order valence-electron chi connectivity index (χ2n) is 2.44. The summed E-state index contributed by atoms with van der Waals surface area (Å²) in [5.41, 5.74) is 1.07. The van der Waals surface area contributed by atoms with E-state index in [2.05, 4.69) is 67.4 Å². The Morgan fingerprint density at radius 2 is 2.08 bits per heavy atom. The number of hydrogen-bond acceptors (Lipinski definition) is 2. The molecule has 0 spiro atoms. The third-order valence-electron chi connectivity index (χ3n) is 1.58. The fourth-order valence-electron chi connectivity index (χ4n) is 1.000. The van der Waals surface area contributed by atoms with E-state index in [9.17, 15) is 0 Å². The monoisotopic (exact) mass is 397 g/mol. The van der Waals surface area contributed by atoms with E-state index in [4.69, 9.17) is 0 Å². The Balaban J connectivity index is 2.53. The highest BCUT2D eigenvalue weighted by Crippen LogP contribution is 2.18. The first kappa shape index (κ1) is 9.38. The topological polar surface area (TPSA) is 30.7 Å². The van der Waals surface area contributed by atoms with E-state index >= 15 is 0 Å². The van der Waals surface area contributed by atoms with Gasteiger partial charge in [0.1, 0.15) is 12.7 Å². The van der Waals surface area contributed by atoms with Crippen molar-refractivity contribution in [1.82, 2.24) is 14.8 Å². The van der Waals surface area contributed by atoms with Crippen LogP contribution in [0, 0.1) is 7.14 Å². The highest BCUT2D eigenvalue weighted by Gasteiger charge is 2.02. The third kappa shape index (κ3) is 2.01. The lowest BCUT2D eigenvalue weighted by Crippen LogP contribution is -1.97. The van der Waals surface area contributed by atoms with Crippen molar-refractivity contribution in [1.29, 1.82) is 0 Å². The van der Waals surface area contributed by atoms with Crippen molar-refractivity contribution < 1.29 is 0 Å². The van der Waals surface area contributed by atoms with Crippen molar-refractivity contribution in [2.75, 3.05) is 0 Å². The molecule has 0 atom stereocenters. The minimum Gasteiger partial charge on any atom is -0.223 e. The van der Waals surface area contributed by atoms with Crippen LogP contribution in [0.25, 0.3) is 5.69 Å². The maximum Gasteiger partial charge on any atom is 0.138 e. The largest absolute Gasteiger partial charge is 0.223 e. The number of hydrogen-bond donors (Lipinski definition) is 0. The van der Waals surface area contributed by atoms with E-state index in [0.717, 1.165) is 5.69 Å². The maximum absolute atomic E-state index is 4.08. The lowest BCUT2D eigenvalue weighted by molar-refractivity contribution is 0.873. The normalized spacial score (nSPS) is 10.3. The zero-order chi connectivity index (χ0) is 9.26. The van der Waals surface area contributed by atoms with E-state index < -0.39 is 0 Å². The zero-order valence-electron chi connectivity index (χ0n) is 6.48. The summed E-state index contributed by atoms with van der Waals surface area (Å²) in [7, 11) is 0. The molecule has 2 rings (SSSR count). The Morgan fingerprint density at radius 1 is 1.23 bits per heavy atom. The molecule has 3 nitrogen and oxygen atoms in total. The number of halogens is 2. The molecule has 0 saturated heterocycles. The molecular weight excluding hydrogens is 392 g/mol. The van der Waals surface area contributed by atoms with Gasteiger partial charge in [-0.25, -0.2) is 9.67 Å². The van der Waals surface area contributed by atoms with Crippen LogP contribution in [0.4, 0.5) is 0 Å². The molecule has 2 aromatic rings. The van der Waals surface area contributed by atoms with Crippen molar-refractivity contribution in [2.24, 2.45) is 0 Å². The number of aromatic nitrogens is 3. The Morgan fingerprint density at radius 3 is 2.69 bits per heavy atom. The molecule has 13 heavy (non-hydrogen) atoms. The summed E-state index contributed by atoms with van der Waals surface area (Å²) in [6, 6.07) is 6.20.